The van der Waals surface area contributed by atoms with Gasteiger partial charge in [-0.1, -0.05) is 186 Å². The molecular weight excluding hydrogens is 623 g/mol. The number of unbranched alkanes of at least 4 members (excludes halogenated alkanes) is 11. The van der Waals surface area contributed by atoms with Crippen LogP contribution in [0.1, 0.15) is 132 Å². The summed E-state index contributed by atoms with van der Waals surface area (Å²) in [6.45, 7) is 21.9. The Morgan fingerprint density at radius 2 is 1.06 bits per heavy atom. The highest BCUT2D eigenvalue weighted by Crippen LogP contribution is 2.39. The molecule has 0 spiro atoms. The molecule has 0 aliphatic carbocycles. The van der Waals surface area contributed by atoms with Gasteiger partial charge in [-0.25, -0.2) is 0 Å². The lowest BCUT2D eigenvalue weighted by atomic mass is 9.84. The van der Waals surface area contributed by atoms with Crippen LogP contribution in [0.2, 0.25) is 23.2 Å². The third-order valence-electron chi connectivity index (χ3n) is 11.2. The first-order valence-corrected chi connectivity index (χ1v) is 24.3. The van der Waals surface area contributed by atoms with Crippen LogP contribution in [0, 0.1) is 11.8 Å². The molecule has 0 aliphatic rings. The number of aliphatic hydroxyl groups excluding tert-OH is 1. The van der Waals surface area contributed by atoms with Gasteiger partial charge in [0.25, 0.3) is 8.32 Å². The maximum atomic E-state index is 10.8. The van der Waals surface area contributed by atoms with Crippen LogP contribution in [0.25, 0.3) is 0 Å². The van der Waals surface area contributed by atoms with Crippen LogP contribution in [-0.2, 0) is 8.85 Å². The highest BCUT2D eigenvalue weighted by atomic mass is 28.4. The summed E-state index contributed by atoms with van der Waals surface area (Å²) in [5, 5.41) is 13.3. The van der Waals surface area contributed by atoms with Gasteiger partial charge in [0.05, 0.1) is 6.61 Å². The molecular formula is C42H75NO3Si2. The van der Waals surface area contributed by atoms with Gasteiger partial charge >= 0.3 is 0 Å². The average Bonchev–Trinajstić information content (AvgIpc) is 3.04. The van der Waals surface area contributed by atoms with Crippen LogP contribution in [0.4, 0.5) is 0 Å². The summed E-state index contributed by atoms with van der Waals surface area (Å²) >= 11 is 0. The summed E-state index contributed by atoms with van der Waals surface area (Å²) in [5.74, 6) is 0.116. The summed E-state index contributed by atoms with van der Waals surface area (Å²) in [6, 6.07) is 21.4. The number of hydrogen-bond acceptors (Lipinski definition) is 4. The Morgan fingerprint density at radius 1 is 0.625 bits per heavy atom. The zero-order valence-electron chi connectivity index (χ0n) is 32.7. The van der Waals surface area contributed by atoms with E-state index in [0.29, 0.717) is 13.2 Å². The van der Waals surface area contributed by atoms with Crippen molar-refractivity contribution >= 4 is 27.0 Å². The van der Waals surface area contributed by atoms with Crippen LogP contribution in [-0.4, -0.2) is 47.6 Å². The van der Waals surface area contributed by atoms with E-state index < -0.39 is 16.6 Å². The number of aliphatic hydroxyl groups is 1. The molecule has 274 valence electrons. The van der Waals surface area contributed by atoms with Crippen LogP contribution in [0.5, 0.6) is 0 Å². The van der Waals surface area contributed by atoms with Crippen molar-refractivity contribution in [3.05, 3.63) is 60.7 Å². The molecule has 0 amide bonds. The fraction of sp³-hybridized carbons (Fsp3) is 0.714. The molecule has 0 heterocycles. The molecule has 3 N–H and O–H groups in total. The van der Waals surface area contributed by atoms with E-state index in [2.05, 4.69) is 122 Å². The molecule has 2 aromatic carbocycles. The van der Waals surface area contributed by atoms with E-state index >= 15 is 0 Å². The second-order valence-corrected chi connectivity index (χ2v) is 26.1. The van der Waals surface area contributed by atoms with E-state index in [0.717, 1.165) is 12.8 Å². The molecule has 6 heteroatoms. The van der Waals surface area contributed by atoms with E-state index in [-0.39, 0.29) is 34.6 Å². The monoisotopic (exact) mass is 698 g/mol. The minimum Gasteiger partial charge on any atom is -0.416 e. The molecule has 0 radical (unpaired) electrons. The lowest BCUT2D eigenvalue weighted by Gasteiger charge is -2.44. The smallest absolute Gasteiger partial charge is 0.261 e. The SMILES string of the molecule is CCCCCCCCCCCCCC[C@H](CO)[C@@H](CO[Si](C)(C)C(C)(C)C)[C@@H](N)CO[Si](c1ccccc1)(c1ccccc1)C(C)(C)C. The molecule has 0 bridgehead atoms. The normalized spacial score (nSPS) is 15.0. The zero-order chi connectivity index (χ0) is 35.7. The molecule has 0 saturated heterocycles. The predicted molar refractivity (Wildman–Crippen MR) is 214 cm³/mol. The van der Waals surface area contributed by atoms with Gasteiger partial charge in [-0.05, 0) is 45.9 Å². The highest BCUT2D eigenvalue weighted by Gasteiger charge is 2.50. The van der Waals surface area contributed by atoms with Gasteiger partial charge in [0, 0.05) is 25.2 Å². The Labute approximate surface area is 299 Å². The minimum absolute atomic E-state index is 0.0232. The minimum atomic E-state index is -2.73. The number of rotatable bonds is 24. The zero-order valence-corrected chi connectivity index (χ0v) is 34.7. The summed E-state index contributed by atoms with van der Waals surface area (Å²) in [7, 11) is -4.73. The summed E-state index contributed by atoms with van der Waals surface area (Å²) in [5.41, 5.74) is 7.20. The quantitative estimate of drug-likeness (QED) is 0.0847. The van der Waals surface area contributed by atoms with Crippen molar-refractivity contribution in [2.45, 2.75) is 161 Å². The van der Waals surface area contributed by atoms with Crippen molar-refractivity contribution in [1.82, 2.24) is 0 Å². The van der Waals surface area contributed by atoms with Gasteiger partial charge in [-0.3, -0.25) is 0 Å². The summed E-state index contributed by atoms with van der Waals surface area (Å²) in [4.78, 5) is 0. The number of nitrogens with two attached hydrogens (primary N) is 1. The van der Waals surface area contributed by atoms with Gasteiger partial charge in [-0.15, -0.1) is 0 Å². The first-order valence-electron chi connectivity index (χ1n) is 19.5. The molecule has 3 atom stereocenters. The Bertz CT molecular complexity index is 1060. The Hall–Kier alpha value is -1.29. The molecule has 2 aromatic rings. The van der Waals surface area contributed by atoms with Crippen molar-refractivity contribution in [3.8, 4) is 0 Å². The maximum absolute atomic E-state index is 10.8. The van der Waals surface area contributed by atoms with Crippen LogP contribution in [0.3, 0.4) is 0 Å². The Morgan fingerprint density at radius 3 is 1.46 bits per heavy atom. The molecule has 0 fully saturated rings. The van der Waals surface area contributed by atoms with Crippen molar-refractivity contribution in [1.29, 1.82) is 0 Å². The second kappa shape index (κ2) is 21.2. The maximum Gasteiger partial charge on any atom is 0.261 e. The third-order valence-corrected chi connectivity index (χ3v) is 20.7. The molecule has 0 unspecified atom stereocenters. The molecule has 48 heavy (non-hydrogen) atoms. The number of hydrogen-bond donors (Lipinski definition) is 2. The molecule has 0 aliphatic heterocycles. The van der Waals surface area contributed by atoms with Gasteiger partial charge in [-0.2, -0.15) is 0 Å². The van der Waals surface area contributed by atoms with E-state index in [1.807, 2.05) is 0 Å². The topological polar surface area (TPSA) is 64.7 Å². The van der Waals surface area contributed by atoms with Crippen molar-refractivity contribution in [3.63, 3.8) is 0 Å². The summed E-state index contributed by atoms with van der Waals surface area (Å²) in [6.07, 6.45) is 17.0. The highest BCUT2D eigenvalue weighted by molar-refractivity contribution is 6.99. The van der Waals surface area contributed by atoms with Crippen LogP contribution >= 0.6 is 0 Å². The Balaban J connectivity index is 2.17. The first-order chi connectivity index (χ1) is 22.7. The molecule has 2 rings (SSSR count). The average molecular weight is 698 g/mol. The van der Waals surface area contributed by atoms with Gasteiger partial charge in [0.2, 0.25) is 0 Å². The number of benzene rings is 2. The van der Waals surface area contributed by atoms with E-state index in [1.54, 1.807) is 0 Å². The molecule has 4 nitrogen and oxygen atoms in total. The van der Waals surface area contributed by atoms with Gasteiger partial charge < -0.3 is 19.7 Å². The first kappa shape index (κ1) is 42.9. The van der Waals surface area contributed by atoms with Crippen molar-refractivity contribution in [2.24, 2.45) is 17.6 Å². The van der Waals surface area contributed by atoms with Crippen molar-refractivity contribution < 1.29 is 14.0 Å². The molecule has 0 saturated carbocycles. The molecule has 0 aromatic heterocycles. The lowest BCUT2D eigenvalue weighted by Crippen LogP contribution is -2.67. The van der Waals surface area contributed by atoms with E-state index in [1.165, 1.54) is 81.0 Å². The Kier molecular flexibility index (Phi) is 18.9. The fourth-order valence-corrected chi connectivity index (χ4v) is 12.6. The van der Waals surface area contributed by atoms with Crippen molar-refractivity contribution in [2.75, 3.05) is 19.8 Å². The van der Waals surface area contributed by atoms with E-state index in [4.69, 9.17) is 14.6 Å². The van der Waals surface area contributed by atoms with Gasteiger partial charge in [0.1, 0.15) is 0 Å². The fourth-order valence-electron chi connectivity index (χ4n) is 6.93. The predicted octanol–water partition coefficient (Wildman–Crippen LogP) is 10.2. The lowest BCUT2D eigenvalue weighted by molar-refractivity contribution is 0.0825. The standard InChI is InChI=1S/C42H75NO3Si2/c1-10-11-12-13-14-15-16-17-18-19-20-23-28-36(33-44)39(34-45-47(8,9)41(2,3)4)40(43)35-46-48(42(5,6)7,37-29-24-21-25-30-37)38-31-26-22-27-32-38/h21-22,24-27,29-32,36,39-40,44H,10-20,23,28,33-35,43H2,1-9H3/t36-,39-,40+/m1/s1. The van der Waals surface area contributed by atoms with E-state index in [9.17, 15) is 5.11 Å². The van der Waals surface area contributed by atoms with Gasteiger partial charge in [0.15, 0.2) is 8.32 Å². The second-order valence-electron chi connectivity index (χ2n) is 17.0. The largest absolute Gasteiger partial charge is 0.416 e. The summed E-state index contributed by atoms with van der Waals surface area (Å²) < 4.78 is 14.2. The third kappa shape index (κ3) is 13.1. The van der Waals surface area contributed by atoms with Crippen LogP contribution in [0.15, 0.2) is 60.7 Å². The van der Waals surface area contributed by atoms with Crippen LogP contribution < -0.4 is 16.1 Å².